The molecular formula is C16H20N4O3. The van der Waals surface area contributed by atoms with Gasteiger partial charge in [0.05, 0.1) is 11.0 Å². The predicted molar refractivity (Wildman–Crippen MR) is 84.5 cm³/mol. The lowest BCUT2D eigenvalue weighted by atomic mass is 10.2. The highest BCUT2D eigenvalue weighted by Gasteiger charge is 2.30. The second kappa shape index (κ2) is 5.73. The van der Waals surface area contributed by atoms with Crippen molar-refractivity contribution in [2.24, 2.45) is 5.73 Å². The third-order valence-corrected chi connectivity index (χ3v) is 4.24. The number of aromatic nitrogens is 2. The Hall–Kier alpha value is -2.28. The van der Waals surface area contributed by atoms with E-state index in [0.29, 0.717) is 32.0 Å². The van der Waals surface area contributed by atoms with E-state index in [1.165, 1.54) is 0 Å². The molecule has 1 fully saturated rings. The van der Waals surface area contributed by atoms with Gasteiger partial charge in [-0.05, 0) is 12.8 Å². The molecular weight excluding hydrogens is 296 g/mol. The van der Waals surface area contributed by atoms with Gasteiger partial charge in [0.1, 0.15) is 5.82 Å². The number of benzene rings is 1. The number of nitrogens with one attached hydrogen (secondary N) is 1. The second-order valence-electron chi connectivity index (χ2n) is 5.98. The molecule has 1 aromatic heterocycles. The summed E-state index contributed by atoms with van der Waals surface area (Å²) in [6, 6.07) is 3.89. The van der Waals surface area contributed by atoms with Crippen molar-refractivity contribution in [3.63, 3.8) is 0 Å². The van der Waals surface area contributed by atoms with E-state index in [0.717, 1.165) is 41.2 Å². The zero-order valence-corrected chi connectivity index (χ0v) is 12.9. The van der Waals surface area contributed by atoms with Gasteiger partial charge in [0.25, 0.3) is 0 Å². The number of imidazole rings is 1. The fourth-order valence-electron chi connectivity index (χ4n) is 2.93. The molecule has 0 bridgehead atoms. The summed E-state index contributed by atoms with van der Waals surface area (Å²) in [6.07, 6.45) is 2.74. The normalized spacial score (nSPS) is 16.0. The van der Waals surface area contributed by atoms with Gasteiger partial charge in [-0.2, -0.15) is 0 Å². The van der Waals surface area contributed by atoms with Crippen LogP contribution in [-0.2, 0) is 11.3 Å². The maximum absolute atomic E-state index is 11.9. The standard InChI is InChI=1S/C16H20N4O3/c17-4-5-18-15(21)3-6-20-12-8-14-13(22-9-23-14)7-11(12)19-16(20)10-1-2-10/h7-8,10H,1-6,9,17H2,(H,18,21). The van der Waals surface area contributed by atoms with Crippen LogP contribution in [0.1, 0.15) is 31.0 Å². The average Bonchev–Trinajstić information content (AvgIpc) is 3.20. The Labute approximate surface area is 133 Å². The van der Waals surface area contributed by atoms with Crippen LogP contribution in [0, 0.1) is 0 Å². The molecule has 0 unspecified atom stereocenters. The third-order valence-electron chi connectivity index (χ3n) is 4.24. The van der Waals surface area contributed by atoms with Gasteiger partial charge < -0.3 is 25.1 Å². The Balaban J connectivity index is 1.63. The van der Waals surface area contributed by atoms with Crippen molar-refractivity contribution in [3.05, 3.63) is 18.0 Å². The fraction of sp³-hybridized carbons (Fsp3) is 0.500. The highest BCUT2D eigenvalue weighted by molar-refractivity contribution is 5.81. The molecule has 0 radical (unpaired) electrons. The number of fused-ring (bicyclic) bond motifs is 2. The molecule has 1 aliphatic heterocycles. The van der Waals surface area contributed by atoms with Gasteiger partial charge in [-0.25, -0.2) is 4.98 Å². The van der Waals surface area contributed by atoms with Crippen molar-refractivity contribution < 1.29 is 14.3 Å². The summed E-state index contributed by atoms with van der Waals surface area (Å²) in [7, 11) is 0. The van der Waals surface area contributed by atoms with Gasteiger partial charge in [0, 0.05) is 44.1 Å². The molecule has 122 valence electrons. The molecule has 0 spiro atoms. The van der Waals surface area contributed by atoms with Crippen LogP contribution in [-0.4, -0.2) is 35.3 Å². The lowest BCUT2D eigenvalue weighted by Gasteiger charge is -2.09. The number of aryl methyl sites for hydroxylation is 1. The number of hydrogen-bond donors (Lipinski definition) is 2. The van der Waals surface area contributed by atoms with Crippen molar-refractivity contribution in [1.82, 2.24) is 14.9 Å². The summed E-state index contributed by atoms with van der Waals surface area (Å²) in [5, 5.41) is 2.81. The molecule has 1 saturated carbocycles. The number of nitrogens with zero attached hydrogens (tertiary/aromatic N) is 2. The van der Waals surface area contributed by atoms with Gasteiger partial charge >= 0.3 is 0 Å². The Morgan fingerprint density at radius 2 is 2.13 bits per heavy atom. The topological polar surface area (TPSA) is 91.4 Å². The van der Waals surface area contributed by atoms with Crippen LogP contribution in [0.5, 0.6) is 11.5 Å². The summed E-state index contributed by atoms with van der Waals surface area (Å²) in [6.45, 7) is 1.82. The molecule has 23 heavy (non-hydrogen) atoms. The molecule has 2 aliphatic rings. The van der Waals surface area contributed by atoms with E-state index in [9.17, 15) is 4.79 Å². The van der Waals surface area contributed by atoms with Crippen LogP contribution in [0.4, 0.5) is 0 Å². The molecule has 2 aromatic rings. The van der Waals surface area contributed by atoms with Gasteiger partial charge in [-0.15, -0.1) is 0 Å². The molecule has 0 atom stereocenters. The van der Waals surface area contributed by atoms with E-state index in [2.05, 4.69) is 9.88 Å². The van der Waals surface area contributed by atoms with Crippen molar-refractivity contribution in [3.8, 4) is 11.5 Å². The maximum atomic E-state index is 11.9. The minimum Gasteiger partial charge on any atom is -0.454 e. The first-order valence-electron chi connectivity index (χ1n) is 8.03. The number of ether oxygens (including phenoxy) is 2. The Kier molecular flexibility index (Phi) is 3.57. The minimum absolute atomic E-state index is 0.0137. The highest BCUT2D eigenvalue weighted by atomic mass is 16.7. The zero-order valence-electron chi connectivity index (χ0n) is 12.9. The number of rotatable bonds is 6. The number of carbonyl (C=O) groups excluding carboxylic acids is 1. The van der Waals surface area contributed by atoms with Crippen LogP contribution in [0.15, 0.2) is 12.1 Å². The predicted octanol–water partition coefficient (Wildman–Crippen LogP) is 1.11. The Morgan fingerprint density at radius 3 is 2.87 bits per heavy atom. The lowest BCUT2D eigenvalue weighted by Crippen LogP contribution is -2.29. The zero-order chi connectivity index (χ0) is 15.8. The number of amides is 1. The van der Waals surface area contributed by atoms with Crippen LogP contribution >= 0.6 is 0 Å². The molecule has 7 heteroatoms. The first kappa shape index (κ1) is 14.3. The summed E-state index contributed by atoms with van der Waals surface area (Å²) in [5.74, 6) is 3.07. The second-order valence-corrected chi connectivity index (χ2v) is 5.98. The van der Waals surface area contributed by atoms with Crippen LogP contribution in [0.25, 0.3) is 11.0 Å². The summed E-state index contributed by atoms with van der Waals surface area (Å²) >= 11 is 0. The SMILES string of the molecule is NCCNC(=O)CCn1c(C2CC2)nc2cc3c(cc21)OCO3. The molecule has 7 nitrogen and oxygen atoms in total. The number of nitrogens with two attached hydrogens (primary N) is 1. The van der Waals surface area contributed by atoms with Crippen LogP contribution < -0.4 is 20.5 Å². The quantitative estimate of drug-likeness (QED) is 0.833. The third kappa shape index (κ3) is 2.72. The van der Waals surface area contributed by atoms with Crippen LogP contribution in [0.3, 0.4) is 0 Å². The van der Waals surface area contributed by atoms with Crippen LogP contribution in [0.2, 0.25) is 0 Å². The lowest BCUT2D eigenvalue weighted by molar-refractivity contribution is -0.121. The van der Waals surface area contributed by atoms with E-state index in [-0.39, 0.29) is 12.7 Å². The molecule has 3 N–H and O–H groups in total. The minimum atomic E-state index is 0.0137. The van der Waals surface area contributed by atoms with E-state index in [4.69, 9.17) is 20.2 Å². The molecule has 0 saturated heterocycles. The maximum Gasteiger partial charge on any atom is 0.231 e. The molecule has 1 amide bonds. The molecule has 2 heterocycles. The summed E-state index contributed by atoms with van der Waals surface area (Å²) in [5.41, 5.74) is 7.31. The highest BCUT2D eigenvalue weighted by Crippen LogP contribution is 2.43. The first-order chi connectivity index (χ1) is 11.3. The van der Waals surface area contributed by atoms with E-state index in [1.807, 2.05) is 12.1 Å². The number of carbonyl (C=O) groups is 1. The Bertz CT molecular complexity index is 751. The van der Waals surface area contributed by atoms with Gasteiger partial charge in [0.15, 0.2) is 11.5 Å². The first-order valence-corrected chi connectivity index (χ1v) is 8.03. The van der Waals surface area contributed by atoms with Crippen molar-refractivity contribution in [1.29, 1.82) is 0 Å². The van der Waals surface area contributed by atoms with E-state index >= 15 is 0 Å². The largest absolute Gasteiger partial charge is 0.454 e. The molecule has 4 rings (SSSR count). The van der Waals surface area contributed by atoms with Gasteiger partial charge in [-0.3, -0.25) is 4.79 Å². The summed E-state index contributed by atoms with van der Waals surface area (Å²) < 4.78 is 13.0. The smallest absolute Gasteiger partial charge is 0.231 e. The van der Waals surface area contributed by atoms with Crippen molar-refractivity contribution in [2.45, 2.75) is 31.7 Å². The van der Waals surface area contributed by atoms with Crippen molar-refractivity contribution >= 4 is 16.9 Å². The summed E-state index contributed by atoms with van der Waals surface area (Å²) in [4.78, 5) is 16.6. The Morgan fingerprint density at radius 1 is 1.35 bits per heavy atom. The van der Waals surface area contributed by atoms with Gasteiger partial charge in [-0.1, -0.05) is 0 Å². The van der Waals surface area contributed by atoms with E-state index in [1.54, 1.807) is 0 Å². The van der Waals surface area contributed by atoms with Crippen molar-refractivity contribution in [2.75, 3.05) is 19.9 Å². The molecule has 1 aromatic carbocycles. The monoisotopic (exact) mass is 316 g/mol. The van der Waals surface area contributed by atoms with E-state index < -0.39 is 0 Å². The number of hydrogen-bond acceptors (Lipinski definition) is 5. The molecule has 1 aliphatic carbocycles. The average molecular weight is 316 g/mol. The fourth-order valence-corrected chi connectivity index (χ4v) is 2.93. The van der Waals surface area contributed by atoms with Gasteiger partial charge in [0.2, 0.25) is 12.7 Å².